The van der Waals surface area contributed by atoms with E-state index < -0.39 is 21.3 Å². The largest absolute Gasteiger partial charge is 0.378 e. The third-order valence-electron chi connectivity index (χ3n) is 4.63. The van der Waals surface area contributed by atoms with Crippen LogP contribution in [-0.2, 0) is 21.4 Å². The van der Waals surface area contributed by atoms with Gasteiger partial charge in [-0.05, 0) is 42.0 Å². The predicted octanol–water partition coefficient (Wildman–Crippen LogP) is 1.51. The Morgan fingerprint density at radius 2 is 1.79 bits per heavy atom. The van der Waals surface area contributed by atoms with E-state index in [1.807, 2.05) is 43.3 Å². The minimum Gasteiger partial charge on any atom is -0.378 e. The Balaban J connectivity index is 1.62. The molecule has 0 saturated carbocycles. The Morgan fingerprint density at radius 1 is 1.14 bits per heavy atom. The van der Waals surface area contributed by atoms with E-state index in [1.165, 1.54) is 0 Å². The van der Waals surface area contributed by atoms with Crippen LogP contribution in [0, 0.1) is 5.92 Å². The summed E-state index contributed by atoms with van der Waals surface area (Å²) >= 11 is 5.83. The lowest BCUT2D eigenvalue weighted by Gasteiger charge is -2.19. The van der Waals surface area contributed by atoms with Crippen molar-refractivity contribution in [3.63, 3.8) is 0 Å². The van der Waals surface area contributed by atoms with E-state index in [0.29, 0.717) is 17.3 Å². The van der Waals surface area contributed by atoms with Crippen molar-refractivity contribution in [3.8, 4) is 0 Å². The van der Waals surface area contributed by atoms with Crippen molar-refractivity contribution >= 4 is 38.9 Å². The molecule has 2 atom stereocenters. The molecular weight excluding hydrogens is 414 g/mol. The molecule has 29 heavy (non-hydrogen) atoms. The number of hydrogen-bond acceptors (Lipinski definition) is 6. The maximum absolute atomic E-state index is 12.7. The SMILES string of the molecule is CN(C)c1ccc(CNC(=O)C2CNNC2S(=O)(=O)Nc2ccc(Cl)cc2)cc1. The second-order valence-corrected chi connectivity index (χ2v) is 9.22. The molecule has 0 radical (unpaired) electrons. The molecule has 1 saturated heterocycles. The lowest BCUT2D eigenvalue weighted by atomic mass is 10.1. The van der Waals surface area contributed by atoms with Crippen LogP contribution in [0.5, 0.6) is 0 Å². The summed E-state index contributed by atoms with van der Waals surface area (Å²) in [6, 6.07) is 14.1. The summed E-state index contributed by atoms with van der Waals surface area (Å²) in [6.45, 7) is 0.526. The number of anilines is 2. The molecule has 1 amide bonds. The fraction of sp³-hybridized carbons (Fsp3) is 0.316. The molecule has 8 nitrogen and oxygen atoms in total. The molecule has 2 aromatic rings. The first-order valence-corrected chi connectivity index (χ1v) is 11.0. The molecule has 1 fully saturated rings. The predicted molar refractivity (Wildman–Crippen MR) is 115 cm³/mol. The highest BCUT2D eigenvalue weighted by Crippen LogP contribution is 2.20. The van der Waals surface area contributed by atoms with Crippen molar-refractivity contribution in [2.45, 2.75) is 11.9 Å². The van der Waals surface area contributed by atoms with Gasteiger partial charge in [-0.3, -0.25) is 14.9 Å². The first-order chi connectivity index (χ1) is 13.8. The molecule has 0 spiro atoms. The second kappa shape index (κ2) is 9.00. The number of carbonyl (C=O) groups is 1. The molecule has 1 aliphatic rings. The highest BCUT2D eigenvalue weighted by molar-refractivity contribution is 7.93. The minimum atomic E-state index is -3.85. The van der Waals surface area contributed by atoms with Crippen molar-refractivity contribution in [2.24, 2.45) is 5.92 Å². The monoisotopic (exact) mass is 437 g/mol. The number of hydrogen-bond donors (Lipinski definition) is 4. The number of sulfonamides is 1. The lowest BCUT2D eigenvalue weighted by molar-refractivity contribution is -0.124. The standard InChI is InChI=1S/C19H24ClN5O3S/c1-25(2)16-9-3-13(4-10-16)11-21-18(26)17-12-22-23-19(17)29(27,28)24-15-7-5-14(20)6-8-15/h3-10,17,19,22-24H,11-12H2,1-2H3,(H,21,26). The number of benzene rings is 2. The van der Waals surface area contributed by atoms with E-state index in [9.17, 15) is 13.2 Å². The minimum absolute atomic E-state index is 0.206. The number of amides is 1. The van der Waals surface area contributed by atoms with Crippen LogP contribution >= 0.6 is 11.6 Å². The lowest BCUT2D eigenvalue weighted by Crippen LogP contribution is -2.46. The summed E-state index contributed by atoms with van der Waals surface area (Å²) in [5, 5.41) is 2.22. The van der Waals surface area contributed by atoms with Crippen molar-refractivity contribution < 1.29 is 13.2 Å². The zero-order valence-electron chi connectivity index (χ0n) is 16.1. The van der Waals surface area contributed by atoms with E-state index in [0.717, 1.165) is 11.3 Å². The quantitative estimate of drug-likeness (QED) is 0.523. The van der Waals surface area contributed by atoms with Crippen molar-refractivity contribution in [3.05, 3.63) is 59.1 Å². The first kappa shape index (κ1) is 21.4. The summed E-state index contributed by atoms with van der Waals surface area (Å²) in [4.78, 5) is 14.6. The van der Waals surface area contributed by atoms with Gasteiger partial charge in [0, 0.05) is 43.6 Å². The summed E-state index contributed by atoms with van der Waals surface area (Å²) in [5.74, 6) is -1.12. The summed E-state index contributed by atoms with van der Waals surface area (Å²) in [7, 11) is 0.0566. The summed E-state index contributed by atoms with van der Waals surface area (Å²) in [5.41, 5.74) is 7.82. The number of nitrogens with one attached hydrogen (secondary N) is 4. The van der Waals surface area contributed by atoms with Crippen LogP contribution in [0.1, 0.15) is 5.56 Å². The van der Waals surface area contributed by atoms with Crippen LogP contribution in [0.25, 0.3) is 0 Å². The average molecular weight is 438 g/mol. The van der Waals surface area contributed by atoms with Crippen LogP contribution in [0.4, 0.5) is 11.4 Å². The maximum atomic E-state index is 12.7. The van der Waals surface area contributed by atoms with E-state index in [4.69, 9.17) is 11.6 Å². The van der Waals surface area contributed by atoms with Gasteiger partial charge in [0.15, 0.2) is 5.37 Å². The van der Waals surface area contributed by atoms with Crippen LogP contribution < -0.4 is 25.8 Å². The van der Waals surface area contributed by atoms with Crippen molar-refractivity contribution in [1.82, 2.24) is 16.2 Å². The molecular formula is C19H24ClN5O3S. The number of rotatable bonds is 7. The number of nitrogens with zero attached hydrogens (tertiary/aromatic N) is 1. The van der Waals surface area contributed by atoms with Gasteiger partial charge in [-0.15, -0.1) is 0 Å². The van der Waals surface area contributed by atoms with Gasteiger partial charge >= 0.3 is 0 Å². The number of halogens is 1. The molecule has 2 aromatic carbocycles. The zero-order chi connectivity index (χ0) is 21.0. The molecule has 1 heterocycles. The second-order valence-electron chi connectivity index (χ2n) is 6.98. The van der Waals surface area contributed by atoms with Gasteiger partial charge in [0.25, 0.3) is 10.0 Å². The Kier molecular flexibility index (Phi) is 6.63. The third kappa shape index (κ3) is 5.39. The van der Waals surface area contributed by atoms with Gasteiger partial charge in [0.2, 0.25) is 5.91 Å². The summed E-state index contributed by atoms with van der Waals surface area (Å²) < 4.78 is 28.0. The fourth-order valence-electron chi connectivity index (χ4n) is 2.98. The third-order valence-corrected chi connectivity index (χ3v) is 6.51. The maximum Gasteiger partial charge on any atom is 0.250 e. The van der Waals surface area contributed by atoms with Gasteiger partial charge < -0.3 is 10.2 Å². The molecule has 1 aliphatic heterocycles. The number of hydrazine groups is 1. The molecule has 3 rings (SSSR count). The molecule has 2 unspecified atom stereocenters. The van der Waals surface area contributed by atoms with E-state index in [2.05, 4.69) is 20.9 Å². The van der Waals surface area contributed by atoms with Crippen molar-refractivity contribution in [2.75, 3.05) is 30.3 Å². The molecule has 0 aromatic heterocycles. The highest BCUT2D eigenvalue weighted by atomic mass is 35.5. The Hall–Kier alpha value is -2.33. The van der Waals surface area contributed by atoms with E-state index in [1.54, 1.807) is 24.3 Å². The van der Waals surface area contributed by atoms with Gasteiger partial charge in [0.1, 0.15) is 0 Å². The zero-order valence-corrected chi connectivity index (χ0v) is 17.7. The number of carbonyl (C=O) groups excluding carboxylic acids is 1. The van der Waals surface area contributed by atoms with E-state index in [-0.39, 0.29) is 12.5 Å². The molecule has 4 N–H and O–H groups in total. The van der Waals surface area contributed by atoms with Crippen LogP contribution in [-0.4, -0.2) is 40.3 Å². The average Bonchev–Trinajstić information content (AvgIpc) is 3.19. The fourth-order valence-corrected chi connectivity index (χ4v) is 4.59. The first-order valence-electron chi connectivity index (χ1n) is 9.06. The normalized spacial score (nSPS) is 19.0. The van der Waals surface area contributed by atoms with E-state index >= 15 is 0 Å². The molecule has 10 heteroatoms. The van der Waals surface area contributed by atoms with Gasteiger partial charge in [-0.2, -0.15) is 0 Å². The topological polar surface area (TPSA) is 103 Å². The molecule has 0 aliphatic carbocycles. The van der Waals surface area contributed by atoms with Gasteiger partial charge in [-0.1, -0.05) is 23.7 Å². The van der Waals surface area contributed by atoms with Crippen LogP contribution in [0.3, 0.4) is 0 Å². The summed E-state index contributed by atoms with van der Waals surface area (Å²) in [6.07, 6.45) is 0. The Bertz CT molecular complexity index is 949. The van der Waals surface area contributed by atoms with Crippen LogP contribution in [0.2, 0.25) is 5.02 Å². The van der Waals surface area contributed by atoms with Gasteiger partial charge in [-0.25, -0.2) is 13.8 Å². The smallest absolute Gasteiger partial charge is 0.250 e. The Morgan fingerprint density at radius 3 is 2.41 bits per heavy atom. The van der Waals surface area contributed by atoms with Crippen molar-refractivity contribution in [1.29, 1.82) is 0 Å². The highest BCUT2D eigenvalue weighted by Gasteiger charge is 2.41. The molecule has 156 valence electrons. The van der Waals surface area contributed by atoms with Crippen LogP contribution in [0.15, 0.2) is 48.5 Å². The molecule has 0 bridgehead atoms. The van der Waals surface area contributed by atoms with Gasteiger partial charge in [0.05, 0.1) is 5.92 Å². The Labute approximate surface area is 175 Å².